The molecule has 1 aliphatic heterocycles. The van der Waals surface area contributed by atoms with Gasteiger partial charge in [-0.2, -0.15) is 0 Å². The molecule has 7 aromatic heterocycles. The van der Waals surface area contributed by atoms with Crippen LogP contribution < -0.4 is 31.5 Å². The predicted molar refractivity (Wildman–Crippen MR) is 366 cm³/mol. The maximum absolute atomic E-state index is 14.5. The highest BCUT2D eigenvalue weighted by atomic mass is 32.1. The van der Waals surface area contributed by atoms with Gasteiger partial charge < -0.3 is 56.5 Å². The molecule has 516 valence electrons. The minimum absolute atomic E-state index is 0.0235. The molecule has 1 saturated carbocycles. The number of fused-ring (bicyclic) bond motifs is 14. The molecule has 9 N–H and O–H groups in total. The van der Waals surface area contributed by atoms with Crippen LogP contribution in [0.3, 0.4) is 0 Å². The molecule has 28 nitrogen and oxygen atoms in total. The number of aryl methyl sites for hydroxylation is 1. The molecule has 0 saturated heterocycles. The first-order chi connectivity index (χ1) is 47.0. The summed E-state index contributed by atoms with van der Waals surface area (Å²) < 4.78 is 11.4. The number of anilines is 1. The zero-order chi connectivity index (χ0) is 69.9. The third-order valence-electron chi connectivity index (χ3n) is 16.3. The van der Waals surface area contributed by atoms with E-state index in [1.807, 2.05) is 13.8 Å². The third kappa shape index (κ3) is 17.5. The maximum Gasteiger partial charge on any atom is 0.415 e. The molecular formula is C64H69N13O15S6. The summed E-state index contributed by atoms with van der Waals surface area (Å²) in [6, 6.07) is 9.15. The standard InChI is InChI=1S/C64H69N13O15S6/c1-30(2)47-61-76-50(42(98-61)25-91-5)54(84)66-24-45(79)73-51(52(82)32-11-7-6-8-12-32)60-71-41(28-95-60)58-69-39(26-94-58)49-36(56-70-40(27-93-56)53(83)68-38(23-44(78)65-4)59-75-48(31(3)97-59)55(85)74-47)19-20-37(67-49)57-72-43(29-96-57)77(22-10-9-13-33(62(86)87)16-21-46(80)81)64(90)92-35-17-14-34(15-18-35)63(88)89/h6-8,11-12,19-20,26-30,33-35,38,47,51-52,82H,9-10,13-18,21-25H2,1-5H3,(H,65,78)(H,66,84)(H,68,83)(H,73,79)(H,74,85)(H,80,81)(H,86,87)(H,88,89)/t33?,34?,35?,38-,47-,51-,52-/m0/s1. The van der Waals surface area contributed by atoms with E-state index in [0.29, 0.717) is 95.1 Å². The van der Waals surface area contributed by atoms with Crippen molar-refractivity contribution in [2.75, 3.05) is 32.1 Å². The number of benzene rings is 1. The fraction of sp³-hybridized carbons (Fsp3) is 0.406. The van der Waals surface area contributed by atoms with Gasteiger partial charge >= 0.3 is 24.0 Å². The number of ether oxygens (including phenoxy) is 2. The zero-order valence-corrected chi connectivity index (χ0v) is 58.4. The molecule has 0 radical (unpaired) electrons. The number of carbonyl (C=O) groups excluding carboxylic acids is 6. The Morgan fingerprint density at radius 1 is 0.684 bits per heavy atom. The van der Waals surface area contributed by atoms with Gasteiger partial charge in [0, 0.05) is 59.1 Å². The van der Waals surface area contributed by atoms with Crippen LogP contribution in [0.1, 0.15) is 164 Å². The molecule has 2 aliphatic rings. The van der Waals surface area contributed by atoms with E-state index in [4.69, 9.17) is 44.4 Å². The summed E-state index contributed by atoms with van der Waals surface area (Å²) in [7, 11) is 2.91. The van der Waals surface area contributed by atoms with Gasteiger partial charge in [-0.15, -0.1) is 68.0 Å². The molecule has 1 fully saturated rings. The number of nitrogens with one attached hydrogen (secondary N) is 5. The van der Waals surface area contributed by atoms with Crippen LogP contribution in [0.15, 0.2) is 64.0 Å². The minimum Gasteiger partial charge on any atom is -0.481 e. The lowest BCUT2D eigenvalue weighted by atomic mass is 9.87. The van der Waals surface area contributed by atoms with Gasteiger partial charge in [-0.25, -0.2) is 39.7 Å². The van der Waals surface area contributed by atoms with Crippen LogP contribution in [-0.4, -0.2) is 142 Å². The van der Waals surface area contributed by atoms with E-state index in [1.165, 1.54) is 30.4 Å². The number of unbranched alkanes of at least 4 members (excludes halogenated alkanes) is 1. The highest BCUT2D eigenvalue weighted by Crippen LogP contribution is 2.41. The lowest BCUT2D eigenvalue weighted by Crippen LogP contribution is -2.40. The van der Waals surface area contributed by atoms with Crippen LogP contribution in [0, 0.1) is 24.7 Å². The van der Waals surface area contributed by atoms with Crippen molar-refractivity contribution in [2.24, 2.45) is 17.8 Å². The SMILES string of the molecule is CNC(=O)C[C@@H]1NC(=O)c2csc(n2)-c2ccc(-c3nc(N(CCCCC(CCC(=O)O)C(=O)O)C(=O)OC4CCC(C(=O)O)CC4)cs3)nc2-c2csc(n2)-c2csc(n2)[C@H]([C@@H](O)c2ccccc2)NC(=O)CNC(=O)c2nc(sc2COC)[C@H](C(C)C)NC(=O)c2nc1sc2C. The van der Waals surface area contributed by atoms with Crippen LogP contribution in [0.5, 0.6) is 0 Å². The molecule has 6 amide bonds. The van der Waals surface area contributed by atoms with Crippen LogP contribution >= 0.6 is 68.0 Å². The average molecular weight is 1450 g/mol. The number of carbonyl (C=O) groups is 9. The largest absolute Gasteiger partial charge is 0.481 e. The van der Waals surface area contributed by atoms with Crippen LogP contribution in [0.4, 0.5) is 10.6 Å². The van der Waals surface area contributed by atoms with Crippen molar-refractivity contribution < 1.29 is 73.1 Å². The van der Waals surface area contributed by atoms with Crippen molar-refractivity contribution in [1.82, 2.24) is 61.5 Å². The number of aliphatic hydroxyl groups is 1. The molecule has 8 heterocycles. The summed E-state index contributed by atoms with van der Waals surface area (Å²) in [6.07, 6.45) is -1.27. The van der Waals surface area contributed by atoms with E-state index >= 15 is 0 Å². The number of nitrogens with zero attached hydrogens (tertiary/aromatic N) is 8. The Kier molecular flexibility index (Phi) is 23.9. The first kappa shape index (κ1) is 71.9. The second-order valence-corrected chi connectivity index (χ2v) is 29.3. The minimum atomic E-state index is -1.33. The summed E-state index contributed by atoms with van der Waals surface area (Å²) in [5.74, 6) is -7.80. The molecule has 5 atom stereocenters. The summed E-state index contributed by atoms with van der Waals surface area (Å²) in [4.78, 5) is 156. The molecule has 10 bridgehead atoms. The first-order valence-electron chi connectivity index (χ1n) is 31.1. The monoisotopic (exact) mass is 1450 g/mol. The Morgan fingerprint density at radius 3 is 2.10 bits per heavy atom. The van der Waals surface area contributed by atoms with Crippen molar-refractivity contribution in [2.45, 2.75) is 122 Å². The molecule has 98 heavy (non-hydrogen) atoms. The molecule has 1 aliphatic carbocycles. The molecular weight excluding hydrogens is 1380 g/mol. The number of pyridine rings is 1. The number of hydrogen-bond donors (Lipinski definition) is 9. The van der Waals surface area contributed by atoms with Gasteiger partial charge in [-0.05, 0) is 75.5 Å². The van der Waals surface area contributed by atoms with Crippen LogP contribution in [0.25, 0.3) is 43.4 Å². The second-order valence-electron chi connectivity index (χ2n) is 23.5. The van der Waals surface area contributed by atoms with Crippen molar-refractivity contribution >= 4 is 127 Å². The summed E-state index contributed by atoms with van der Waals surface area (Å²) in [5, 5.41) is 63.4. The molecule has 1 unspecified atom stereocenters. The number of carboxylic acid groups (broad SMARTS) is 3. The van der Waals surface area contributed by atoms with Gasteiger partial charge in [-0.3, -0.25) is 43.3 Å². The van der Waals surface area contributed by atoms with Crippen molar-refractivity contribution in [3.05, 3.63) is 111 Å². The Morgan fingerprint density at radius 2 is 1.39 bits per heavy atom. The molecule has 8 aromatic rings. The Bertz CT molecular complexity index is 4230. The van der Waals surface area contributed by atoms with Gasteiger partial charge in [0.2, 0.25) is 11.8 Å². The van der Waals surface area contributed by atoms with Gasteiger partial charge in [0.05, 0.1) is 54.1 Å². The predicted octanol–water partition coefficient (Wildman–Crippen LogP) is 9.63. The second kappa shape index (κ2) is 32.6. The number of aliphatic hydroxyl groups excluding tert-OH is 1. The Labute approximate surface area is 584 Å². The van der Waals surface area contributed by atoms with E-state index in [2.05, 4.69) is 26.6 Å². The topological polar surface area (TPSA) is 407 Å². The van der Waals surface area contributed by atoms with Crippen molar-refractivity contribution in [1.29, 1.82) is 0 Å². The van der Waals surface area contributed by atoms with Crippen molar-refractivity contribution in [3.63, 3.8) is 0 Å². The lowest BCUT2D eigenvalue weighted by Gasteiger charge is -2.28. The highest BCUT2D eigenvalue weighted by Gasteiger charge is 2.35. The smallest absolute Gasteiger partial charge is 0.415 e. The van der Waals surface area contributed by atoms with E-state index in [1.54, 1.807) is 70.9 Å². The van der Waals surface area contributed by atoms with Gasteiger partial charge in [0.15, 0.2) is 0 Å². The van der Waals surface area contributed by atoms with Gasteiger partial charge in [0.1, 0.15) is 88.3 Å². The number of carboxylic acids is 3. The maximum atomic E-state index is 14.5. The normalized spacial score (nSPS) is 18.3. The number of methoxy groups -OCH3 is 1. The van der Waals surface area contributed by atoms with E-state index in [9.17, 15) is 63.6 Å². The number of aromatic nitrogens is 7. The number of thiazole rings is 6. The van der Waals surface area contributed by atoms with Gasteiger partial charge in [-0.1, -0.05) is 50.6 Å². The lowest BCUT2D eigenvalue weighted by molar-refractivity contribution is -0.144. The van der Waals surface area contributed by atoms with Gasteiger partial charge in [0.25, 0.3) is 17.7 Å². The number of rotatable bonds is 20. The van der Waals surface area contributed by atoms with Crippen LogP contribution in [0.2, 0.25) is 0 Å². The number of hydrogen-bond acceptors (Lipinski definition) is 25. The van der Waals surface area contributed by atoms with E-state index in [-0.39, 0.29) is 84.8 Å². The summed E-state index contributed by atoms with van der Waals surface area (Å²) in [6.45, 7) is 4.88. The Balaban J connectivity index is 1.03. The number of amides is 6. The average Bonchev–Trinajstić information content (AvgIpc) is 1.59. The van der Waals surface area contributed by atoms with Crippen LogP contribution in [-0.2, 0) is 40.1 Å². The molecule has 1 aromatic carbocycles. The third-order valence-corrected chi connectivity index (χ3v) is 22.0. The highest BCUT2D eigenvalue weighted by molar-refractivity contribution is 7.15. The fourth-order valence-corrected chi connectivity index (χ4v) is 16.5. The quantitative estimate of drug-likeness (QED) is 0.0320. The molecule has 0 spiro atoms. The number of aliphatic carboxylic acids is 3. The summed E-state index contributed by atoms with van der Waals surface area (Å²) >= 11 is 6.92. The van der Waals surface area contributed by atoms with E-state index in [0.717, 1.165) is 56.7 Å². The fourth-order valence-electron chi connectivity index (χ4n) is 11.0. The first-order valence-corrected chi connectivity index (χ1v) is 36.3. The van der Waals surface area contributed by atoms with E-state index < -0.39 is 102 Å². The summed E-state index contributed by atoms with van der Waals surface area (Å²) in [5.41, 5.74) is 2.18. The molecule has 10 rings (SSSR count). The Hall–Kier alpha value is -8.90. The van der Waals surface area contributed by atoms with Crippen molar-refractivity contribution in [3.8, 4) is 43.4 Å². The zero-order valence-electron chi connectivity index (χ0n) is 53.5. The molecule has 34 heteroatoms.